The normalized spacial score (nSPS) is 10.8. The molecule has 4 heterocycles. The summed E-state index contributed by atoms with van der Waals surface area (Å²) in [5.74, 6) is -0.194. The van der Waals surface area contributed by atoms with E-state index in [0.717, 1.165) is 21.5 Å². The molecule has 0 spiro atoms. The Morgan fingerprint density at radius 2 is 2.17 bits per heavy atom. The smallest absolute Gasteiger partial charge is 0.257 e. The van der Waals surface area contributed by atoms with Gasteiger partial charge in [0.25, 0.3) is 5.91 Å². The third kappa shape index (κ3) is 2.60. The van der Waals surface area contributed by atoms with E-state index in [0.29, 0.717) is 11.3 Å². The molecular formula is C17H12N4OS. The van der Waals surface area contributed by atoms with Crippen molar-refractivity contribution in [1.82, 2.24) is 15.0 Å². The average molecular weight is 320 g/mol. The van der Waals surface area contributed by atoms with Gasteiger partial charge in [-0.2, -0.15) is 0 Å². The second kappa shape index (κ2) is 5.66. The number of H-pyrrole nitrogens is 1. The lowest BCUT2D eigenvalue weighted by Gasteiger charge is -2.04. The van der Waals surface area contributed by atoms with Crippen LogP contribution in [0.4, 0.5) is 5.69 Å². The van der Waals surface area contributed by atoms with E-state index in [1.165, 1.54) is 0 Å². The quantitative estimate of drug-likeness (QED) is 0.600. The van der Waals surface area contributed by atoms with Crippen molar-refractivity contribution in [2.75, 3.05) is 5.32 Å². The molecule has 0 unspecified atom stereocenters. The van der Waals surface area contributed by atoms with Gasteiger partial charge in [-0.1, -0.05) is 6.07 Å². The van der Waals surface area contributed by atoms with Crippen LogP contribution < -0.4 is 5.32 Å². The van der Waals surface area contributed by atoms with Crippen LogP contribution >= 0.6 is 11.3 Å². The predicted molar refractivity (Wildman–Crippen MR) is 91.6 cm³/mol. The lowest BCUT2D eigenvalue weighted by atomic mass is 10.2. The average Bonchev–Trinajstić information content (AvgIpc) is 3.25. The molecule has 0 radical (unpaired) electrons. The van der Waals surface area contributed by atoms with E-state index < -0.39 is 0 Å². The van der Waals surface area contributed by atoms with Crippen LogP contribution in [0.15, 0.2) is 60.5 Å². The summed E-state index contributed by atoms with van der Waals surface area (Å²) in [4.78, 5) is 24.9. The maximum Gasteiger partial charge on any atom is 0.257 e. The Morgan fingerprint density at radius 1 is 1.22 bits per heavy atom. The van der Waals surface area contributed by atoms with Crippen LogP contribution in [-0.4, -0.2) is 20.9 Å². The van der Waals surface area contributed by atoms with Crippen LogP contribution in [0.3, 0.4) is 0 Å². The highest BCUT2D eigenvalue weighted by atomic mass is 32.1. The number of rotatable bonds is 3. The first-order valence-electron chi connectivity index (χ1n) is 7.03. The van der Waals surface area contributed by atoms with E-state index in [4.69, 9.17) is 0 Å². The second-order valence-corrected chi connectivity index (χ2v) is 5.94. The Morgan fingerprint density at radius 3 is 2.96 bits per heavy atom. The summed E-state index contributed by atoms with van der Waals surface area (Å²) >= 11 is 1.66. The number of aromatic nitrogens is 3. The highest BCUT2D eigenvalue weighted by Crippen LogP contribution is 2.29. The van der Waals surface area contributed by atoms with E-state index >= 15 is 0 Å². The molecule has 4 aromatic rings. The third-order valence-electron chi connectivity index (χ3n) is 3.51. The van der Waals surface area contributed by atoms with Crippen molar-refractivity contribution in [2.45, 2.75) is 0 Å². The number of aromatic amines is 1. The minimum Gasteiger partial charge on any atom is -0.344 e. The summed E-state index contributed by atoms with van der Waals surface area (Å²) < 4.78 is 0. The summed E-state index contributed by atoms with van der Waals surface area (Å²) in [6, 6.07) is 9.55. The molecule has 0 aromatic carbocycles. The van der Waals surface area contributed by atoms with E-state index in [-0.39, 0.29) is 5.91 Å². The van der Waals surface area contributed by atoms with E-state index in [1.807, 2.05) is 29.8 Å². The summed E-state index contributed by atoms with van der Waals surface area (Å²) in [6.45, 7) is 0. The topological polar surface area (TPSA) is 70.7 Å². The number of amides is 1. The Hall–Kier alpha value is -2.99. The van der Waals surface area contributed by atoms with Crippen molar-refractivity contribution in [2.24, 2.45) is 0 Å². The standard InChI is InChI=1S/C17H12N4OS/c22-17(11-3-1-5-18-8-11)21-14-10-20-16-13(14)7-12(9-19-16)15-4-2-6-23-15/h1-10H,(H,19,20)(H,21,22). The van der Waals surface area contributed by atoms with Gasteiger partial charge in [-0.15, -0.1) is 11.3 Å². The fourth-order valence-electron chi connectivity index (χ4n) is 2.38. The zero-order chi connectivity index (χ0) is 15.6. The maximum absolute atomic E-state index is 12.3. The first-order chi connectivity index (χ1) is 11.3. The molecule has 0 fully saturated rings. The number of nitrogens with one attached hydrogen (secondary N) is 2. The Labute approximate surface area is 136 Å². The summed E-state index contributed by atoms with van der Waals surface area (Å²) in [6.07, 6.45) is 6.76. The molecule has 6 heteroatoms. The van der Waals surface area contributed by atoms with Gasteiger partial charge in [0, 0.05) is 40.6 Å². The fourth-order valence-corrected chi connectivity index (χ4v) is 3.08. The first-order valence-corrected chi connectivity index (χ1v) is 7.91. The van der Waals surface area contributed by atoms with Gasteiger partial charge in [0.1, 0.15) is 5.65 Å². The number of hydrogen-bond donors (Lipinski definition) is 2. The molecule has 0 aliphatic carbocycles. The zero-order valence-electron chi connectivity index (χ0n) is 12.0. The lowest BCUT2D eigenvalue weighted by molar-refractivity contribution is 0.102. The van der Waals surface area contributed by atoms with Gasteiger partial charge in [0.05, 0.1) is 11.3 Å². The summed E-state index contributed by atoms with van der Waals surface area (Å²) in [5.41, 5.74) is 3.00. The van der Waals surface area contributed by atoms with Crippen LogP contribution in [0, 0.1) is 0 Å². The molecule has 5 nitrogen and oxygen atoms in total. The van der Waals surface area contributed by atoms with Crippen LogP contribution in [0.1, 0.15) is 10.4 Å². The van der Waals surface area contributed by atoms with Gasteiger partial charge in [-0.05, 0) is 29.6 Å². The monoisotopic (exact) mass is 320 g/mol. The van der Waals surface area contributed by atoms with E-state index in [1.54, 1.807) is 42.1 Å². The van der Waals surface area contributed by atoms with Crippen molar-refractivity contribution in [3.63, 3.8) is 0 Å². The molecule has 0 saturated heterocycles. The SMILES string of the molecule is O=C(Nc1c[nH]c2ncc(-c3cccs3)cc12)c1cccnc1. The predicted octanol–water partition coefficient (Wildman–Crippen LogP) is 3.94. The number of hydrogen-bond acceptors (Lipinski definition) is 4. The molecule has 4 rings (SSSR count). The van der Waals surface area contributed by atoms with Gasteiger partial charge in [-0.3, -0.25) is 9.78 Å². The van der Waals surface area contributed by atoms with Gasteiger partial charge in [-0.25, -0.2) is 4.98 Å². The molecule has 0 saturated carbocycles. The number of carbonyl (C=O) groups excluding carboxylic acids is 1. The van der Waals surface area contributed by atoms with Gasteiger partial charge in [0.2, 0.25) is 0 Å². The van der Waals surface area contributed by atoms with E-state index in [9.17, 15) is 4.79 Å². The van der Waals surface area contributed by atoms with Crippen molar-refractivity contribution in [3.8, 4) is 10.4 Å². The molecule has 112 valence electrons. The number of nitrogens with zero attached hydrogens (tertiary/aromatic N) is 2. The van der Waals surface area contributed by atoms with Gasteiger partial charge < -0.3 is 10.3 Å². The van der Waals surface area contributed by atoms with Gasteiger partial charge >= 0.3 is 0 Å². The second-order valence-electron chi connectivity index (χ2n) is 5.00. The summed E-state index contributed by atoms with van der Waals surface area (Å²) in [5, 5.41) is 5.82. The number of anilines is 1. The molecule has 0 bridgehead atoms. The first kappa shape index (κ1) is 13.7. The van der Waals surface area contributed by atoms with E-state index in [2.05, 4.69) is 20.3 Å². The molecule has 0 atom stereocenters. The minimum atomic E-state index is -0.194. The molecule has 2 N–H and O–H groups in total. The zero-order valence-corrected chi connectivity index (χ0v) is 12.8. The van der Waals surface area contributed by atoms with Crippen molar-refractivity contribution >= 4 is 34.0 Å². The molecule has 0 aliphatic heterocycles. The number of fused-ring (bicyclic) bond motifs is 1. The minimum absolute atomic E-state index is 0.194. The summed E-state index contributed by atoms with van der Waals surface area (Å²) in [7, 11) is 0. The highest BCUT2D eigenvalue weighted by Gasteiger charge is 2.11. The van der Waals surface area contributed by atoms with Crippen molar-refractivity contribution in [1.29, 1.82) is 0 Å². The maximum atomic E-state index is 12.3. The largest absolute Gasteiger partial charge is 0.344 e. The van der Waals surface area contributed by atoms with Crippen LogP contribution in [0.5, 0.6) is 0 Å². The van der Waals surface area contributed by atoms with Crippen molar-refractivity contribution < 1.29 is 4.79 Å². The Bertz CT molecular complexity index is 961. The molecule has 1 amide bonds. The molecular weight excluding hydrogens is 308 g/mol. The highest BCUT2D eigenvalue weighted by molar-refractivity contribution is 7.13. The van der Waals surface area contributed by atoms with Crippen LogP contribution in [0.25, 0.3) is 21.5 Å². The third-order valence-corrected chi connectivity index (χ3v) is 4.43. The number of thiophene rings is 1. The molecule has 23 heavy (non-hydrogen) atoms. The molecule has 4 aromatic heterocycles. The fraction of sp³-hybridized carbons (Fsp3) is 0. The lowest BCUT2D eigenvalue weighted by Crippen LogP contribution is -2.11. The number of carbonyl (C=O) groups is 1. The van der Waals surface area contributed by atoms with Crippen LogP contribution in [-0.2, 0) is 0 Å². The molecule has 0 aliphatic rings. The Balaban J connectivity index is 1.70. The Kier molecular flexibility index (Phi) is 3.36. The van der Waals surface area contributed by atoms with Gasteiger partial charge in [0.15, 0.2) is 0 Å². The van der Waals surface area contributed by atoms with Crippen molar-refractivity contribution in [3.05, 3.63) is 66.1 Å². The number of pyridine rings is 2. The van der Waals surface area contributed by atoms with Crippen LogP contribution in [0.2, 0.25) is 0 Å².